The van der Waals surface area contributed by atoms with Crippen molar-refractivity contribution in [1.82, 2.24) is 24.1 Å². The predicted molar refractivity (Wildman–Crippen MR) is 319 cm³/mol. The molecule has 0 radical (unpaired) electrons. The van der Waals surface area contributed by atoms with Gasteiger partial charge in [0.2, 0.25) is 0 Å². The summed E-state index contributed by atoms with van der Waals surface area (Å²) in [6.45, 7) is 4.71. The fourth-order valence-corrected chi connectivity index (χ4v) is 12.1. The summed E-state index contributed by atoms with van der Waals surface area (Å²) < 4.78 is 4.86. The molecular weight excluding hydrogens is 935 g/mol. The first-order valence-electron chi connectivity index (χ1n) is 26.4. The molecule has 0 fully saturated rings. The highest BCUT2D eigenvalue weighted by molar-refractivity contribution is 6.12. The average Bonchev–Trinajstić information content (AvgIpc) is 4.15. The molecule has 362 valence electrons. The van der Waals surface area contributed by atoms with Crippen LogP contribution in [0.1, 0.15) is 25.0 Å². The second-order valence-electron chi connectivity index (χ2n) is 20.8. The van der Waals surface area contributed by atoms with Gasteiger partial charge >= 0.3 is 0 Å². The van der Waals surface area contributed by atoms with Crippen LogP contribution in [0.4, 0.5) is 0 Å². The van der Waals surface area contributed by atoms with Crippen molar-refractivity contribution in [1.29, 1.82) is 0 Å². The van der Waals surface area contributed by atoms with E-state index < -0.39 is 0 Å². The number of fused-ring (bicyclic) bond motifs is 9. The van der Waals surface area contributed by atoms with Gasteiger partial charge in [-0.15, -0.1) is 0 Å². The van der Waals surface area contributed by atoms with E-state index in [0.29, 0.717) is 17.5 Å². The summed E-state index contributed by atoms with van der Waals surface area (Å²) in [5.74, 6) is 1.86. The van der Waals surface area contributed by atoms with E-state index in [4.69, 9.17) is 15.0 Å². The van der Waals surface area contributed by atoms with Gasteiger partial charge < -0.3 is 9.13 Å². The zero-order chi connectivity index (χ0) is 51.2. The second-order valence-corrected chi connectivity index (χ2v) is 20.8. The molecule has 0 aliphatic heterocycles. The van der Waals surface area contributed by atoms with Gasteiger partial charge in [-0.25, -0.2) is 15.0 Å². The maximum Gasteiger partial charge on any atom is 0.164 e. The summed E-state index contributed by atoms with van der Waals surface area (Å²) in [6, 6.07) is 93.9. The van der Waals surface area contributed by atoms with Crippen LogP contribution < -0.4 is 0 Å². The van der Waals surface area contributed by atoms with Crippen molar-refractivity contribution in [2.75, 3.05) is 0 Å². The van der Waals surface area contributed by atoms with Gasteiger partial charge in [0.1, 0.15) is 0 Å². The maximum atomic E-state index is 5.16. The lowest BCUT2D eigenvalue weighted by Crippen LogP contribution is -2.15. The standard InChI is InChI=1S/C72H49N5/c1-72(2)63-22-12-9-19-57(63)58-42-39-56(45-64(58)72)77-66-24-14-11-21-60(66)62-41-36-54(44-68(62)77)53-35-40-61-59-20-10-13-23-65(59)76(67(61)43-53)55-37-33-52(34-38-55)71-74-69(50-29-25-48(26-30-50)46-15-5-3-6-16-46)73-70(75-71)51-31-27-49(28-32-51)47-17-7-4-8-18-47/h3-45H,1-2H3. The molecule has 0 unspecified atom stereocenters. The van der Waals surface area contributed by atoms with E-state index >= 15 is 0 Å². The Balaban J connectivity index is 0.824. The quantitative estimate of drug-likeness (QED) is 0.152. The molecule has 0 saturated heterocycles. The molecule has 0 bridgehead atoms. The van der Waals surface area contributed by atoms with Crippen LogP contribution in [0.15, 0.2) is 261 Å². The summed E-state index contributed by atoms with van der Waals surface area (Å²) in [6.07, 6.45) is 0. The molecule has 14 aromatic rings. The molecule has 15 rings (SSSR count). The Morgan fingerprint density at radius 2 is 0.623 bits per heavy atom. The molecule has 0 saturated carbocycles. The molecule has 1 aliphatic carbocycles. The second kappa shape index (κ2) is 17.6. The molecule has 0 N–H and O–H groups in total. The highest BCUT2D eigenvalue weighted by atomic mass is 15.0. The maximum absolute atomic E-state index is 5.16. The Labute approximate surface area is 446 Å². The Hall–Kier alpha value is -9.97. The fourth-order valence-electron chi connectivity index (χ4n) is 12.1. The molecule has 5 nitrogen and oxygen atoms in total. The average molecular weight is 984 g/mol. The van der Waals surface area contributed by atoms with E-state index in [1.807, 2.05) is 12.1 Å². The van der Waals surface area contributed by atoms with E-state index in [-0.39, 0.29) is 5.41 Å². The summed E-state index contributed by atoms with van der Waals surface area (Å²) in [7, 11) is 0. The minimum Gasteiger partial charge on any atom is -0.309 e. The van der Waals surface area contributed by atoms with Crippen molar-refractivity contribution in [2.24, 2.45) is 0 Å². The van der Waals surface area contributed by atoms with Gasteiger partial charge in [-0.05, 0) is 116 Å². The number of para-hydroxylation sites is 2. The van der Waals surface area contributed by atoms with Crippen molar-refractivity contribution >= 4 is 43.6 Å². The fraction of sp³-hybridized carbons (Fsp3) is 0.0417. The predicted octanol–water partition coefficient (Wildman–Crippen LogP) is 18.4. The van der Waals surface area contributed by atoms with Crippen molar-refractivity contribution in [3.8, 4) is 90.0 Å². The third kappa shape index (κ3) is 7.34. The van der Waals surface area contributed by atoms with Crippen LogP contribution in [0.2, 0.25) is 0 Å². The van der Waals surface area contributed by atoms with E-state index in [0.717, 1.165) is 66.8 Å². The van der Waals surface area contributed by atoms with Gasteiger partial charge in [0, 0.05) is 55.0 Å². The lowest BCUT2D eigenvalue weighted by molar-refractivity contribution is 0.660. The Morgan fingerprint density at radius 1 is 0.260 bits per heavy atom. The molecule has 0 atom stereocenters. The van der Waals surface area contributed by atoms with E-state index in [1.54, 1.807) is 0 Å². The highest BCUT2D eigenvalue weighted by Crippen LogP contribution is 2.50. The molecule has 11 aromatic carbocycles. The van der Waals surface area contributed by atoms with Crippen LogP contribution in [-0.2, 0) is 5.41 Å². The topological polar surface area (TPSA) is 48.5 Å². The third-order valence-corrected chi connectivity index (χ3v) is 16.0. The highest BCUT2D eigenvalue weighted by Gasteiger charge is 2.35. The van der Waals surface area contributed by atoms with Gasteiger partial charge in [-0.3, -0.25) is 0 Å². The molecule has 1 aliphatic rings. The van der Waals surface area contributed by atoms with E-state index in [2.05, 4.69) is 272 Å². The van der Waals surface area contributed by atoms with Gasteiger partial charge in [-0.1, -0.05) is 214 Å². The summed E-state index contributed by atoms with van der Waals surface area (Å²) >= 11 is 0. The molecule has 3 aromatic heterocycles. The number of benzene rings is 11. The normalized spacial score (nSPS) is 12.6. The first-order valence-corrected chi connectivity index (χ1v) is 26.4. The third-order valence-electron chi connectivity index (χ3n) is 16.0. The van der Waals surface area contributed by atoms with Crippen LogP contribution in [0.5, 0.6) is 0 Å². The number of nitrogens with zero attached hydrogens (tertiary/aromatic N) is 5. The van der Waals surface area contributed by atoms with Gasteiger partial charge in [0.15, 0.2) is 17.5 Å². The first kappa shape index (κ1) is 44.5. The molecular formula is C72H49N5. The van der Waals surface area contributed by atoms with Crippen LogP contribution in [0, 0.1) is 0 Å². The van der Waals surface area contributed by atoms with Crippen molar-refractivity contribution in [3.63, 3.8) is 0 Å². The first-order chi connectivity index (χ1) is 37.9. The van der Waals surface area contributed by atoms with Crippen LogP contribution in [-0.4, -0.2) is 24.1 Å². The summed E-state index contributed by atoms with van der Waals surface area (Å²) in [5.41, 5.74) is 21.9. The zero-order valence-corrected chi connectivity index (χ0v) is 42.6. The van der Waals surface area contributed by atoms with E-state index in [1.165, 1.54) is 60.5 Å². The minimum absolute atomic E-state index is 0.104. The van der Waals surface area contributed by atoms with Gasteiger partial charge in [0.25, 0.3) is 0 Å². The monoisotopic (exact) mass is 983 g/mol. The van der Waals surface area contributed by atoms with Gasteiger partial charge in [0.05, 0.1) is 22.1 Å². The van der Waals surface area contributed by atoms with E-state index in [9.17, 15) is 0 Å². The molecule has 0 amide bonds. The van der Waals surface area contributed by atoms with Crippen molar-refractivity contribution < 1.29 is 0 Å². The van der Waals surface area contributed by atoms with Crippen molar-refractivity contribution in [2.45, 2.75) is 19.3 Å². The number of aromatic nitrogens is 5. The smallest absolute Gasteiger partial charge is 0.164 e. The lowest BCUT2D eigenvalue weighted by atomic mass is 9.82. The number of rotatable bonds is 8. The van der Waals surface area contributed by atoms with Crippen LogP contribution in [0.3, 0.4) is 0 Å². The SMILES string of the molecule is CC1(C)c2ccccc2-c2ccc(-n3c4ccccc4c4ccc(-c5ccc6c7ccccc7n(-c7ccc(-c8nc(-c9ccc(-c%10ccccc%10)cc9)nc(-c9ccc(-c%10ccccc%10)cc9)n8)cc7)c6c5)cc43)cc21. The Bertz CT molecular complexity index is 4500. The summed E-state index contributed by atoms with van der Waals surface area (Å²) in [4.78, 5) is 15.4. The number of hydrogen-bond donors (Lipinski definition) is 0. The van der Waals surface area contributed by atoms with Crippen molar-refractivity contribution in [3.05, 3.63) is 272 Å². The Morgan fingerprint density at radius 3 is 1.14 bits per heavy atom. The summed E-state index contributed by atoms with van der Waals surface area (Å²) in [5, 5.41) is 4.89. The Kier molecular flexibility index (Phi) is 10.2. The number of hydrogen-bond acceptors (Lipinski definition) is 3. The molecule has 77 heavy (non-hydrogen) atoms. The molecule has 5 heteroatoms. The van der Waals surface area contributed by atoms with Gasteiger partial charge in [-0.2, -0.15) is 0 Å². The zero-order valence-electron chi connectivity index (χ0n) is 42.6. The molecule has 3 heterocycles. The van der Waals surface area contributed by atoms with Crippen LogP contribution in [0.25, 0.3) is 134 Å². The largest absolute Gasteiger partial charge is 0.309 e. The minimum atomic E-state index is -0.104. The lowest BCUT2D eigenvalue weighted by Gasteiger charge is -2.22. The molecule has 0 spiro atoms. The van der Waals surface area contributed by atoms with Crippen LogP contribution >= 0.6 is 0 Å².